The lowest BCUT2D eigenvalue weighted by molar-refractivity contribution is 0.0453. The number of hydrogen-bond acceptors (Lipinski definition) is 4. The summed E-state index contributed by atoms with van der Waals surface area (Å²) in [5.74, 6) is 1.14. The maximum atomic E-state index is 12.2. The molecule has 0 aliphatic carbocycles. The van der Waals surface area contributed by atoms with Crippen LogP contribution in [-0.4, -0.2) is 43.7 Å². The van der Waals surface area contributed by atoms with Gasteiger partial charge in [0.15, 0.2) is 11.5 Å². The number of nitrogens with zero attached hydrogens (tertiary/aromatic N) is 1. The second kappa shape index (κ2) is 4.49. The number of carbonyl (C=O) groups is 1. The Balaban J connectivity index is 2.16. The highest BCUT2D eigenvalue weighted by molar-refractivity contribution is 5.95. The number of hydrogen-bond donors (Lipinski definition) is 1. The second-order valence-corrected chi connectivity index (χ2v) is 4.89. The maximum absolute atomic E-state index is 12.2. The Kier molecular flexibility index (Phi) is 3.17. The van der Waals surface area contributed by atoms with Crippen LogP contribution in [0.25, 0.3) is 0 Å². The lowest BCUT2D eigenvalue weighted by Gasteiger charge is -2.45. The first-order chi connectivity index (χ1) is 8.46. The number of ether oxygens (including phenoxy) is 2. The van der Waals surface area contributed by atoms with Crippen molar-refractivity contribution in [1.82, 2.24) is 4.90 Å². The monoisotopic (exact) mass is 250 g/mol. The molecule has 2 N–H and O–H groups in total. The molecule has 0 aromatic heterocycles. The summed E-state index contributed by atoms with van der Waals surface area (Å²) in [6, 6.07) is 5.15. The van der Waals surface area contributed by atoms with Crippen molar-refractivity contribution >= 4 is 5.91 Å². The molecule has 0 radical (unpaired) electrons. The number of rotatable bonds is 3. The Hall–Kier alpha value is -1.75. The molecule has 98 valence electrons. The SMILES string of the molecule is COc1ccc(C(=O)N2CC(C)(N)C2)cc1OC. The first kappa shape index (κ1) is 12.7. The molecule has 1 aromatic carbocycles. The molecule has 1 saturated heterocycles. The van der Waals surface area contributed by atoms with Crippen molar-refractivity contribution in [2.45, 2.75) is 12.5 Å². The highest BCUT2D eigenvalue weighted by Gasteiger charge is 2.38. The number of benzene rings is 1. The van der Waals surface area contributed by atoms with Crippen LogP contribution in [0, 0.1) is 0 Å². The average Bonchev–Trinajstić information content (AvgIpc) is 2.34. The van der Waals surface area contributed by atoms with E-state index in [1.165, 1.54) is 0 Å². The summed E-state index contributed by atoms with van der Waals surface area (Å²) >= 11 is 0. The first-order valence-corrected chi connectivity index (χ1v) is 5.77. The van der Waals surface area contributed by atoms with E-state index in [4.69, 9.17) is 15.2 Å². The molecule has 0 atom stereocenters. The topological polar surface area (TPSA) is 64.8 Å². The predicted molar refractivity (Wildman–Crippen MR) is 68.0 cm³/mol. The average molecular weight is 250 g/mol. The van der Waals surface area contributed by atoms with Gasteiger partial charge in [-0.3, -0.25) is 4.79 Å². The fourth-order valence-corrected chi connectivity index (χ4v) is 2.12. The van der Waals surface area contributed by atoms with Crippen LogP contribution in [0.3, 0.4) is 0 Å². The van der Waals surface area contributed by atoms with E-state index in [-0.39, 0.29) is 11.4 Å². The smallest absolute Gasteiger partial charge is 0.254 e. The summed E-state index contributed by atoms with van der Waals surface area (Å²) in [7, 11) is 3.11. The molecule has 0 unspecified atom stereocenters. The predicted octanol–water partition coefficient (Wildman–Crippen LogP) is 0.877. The number of methoxy groups -OCH3 is 2. The Morgan fingerprint density at radius 3 is 2.39 bits per heavy atom. The molecule has 1 aliphatic rings. The molecule has 0 bridgehead atoms. The van der Waals surface area contributed by atoms with Crippen molar-refractivity contribution in [3.8, 4) is 11.5 Å². The minimum Gasteiger partial charge on any atom is -0.493 e. The van der Waals surface area contributed by atoms with Crippen molar-refractivity contribution in [2.75, 3.05) is 27.3 Å². The largest absolute Gasteiger partial charge is 0.493 e. The molecule has 1 heterocycles. The van der Waals surface area contributed by atoms with E-state index in [1.54, 1.807) is 37.3 Å². The van der Waals surface area contributed by atoms with Gasteiger partial charge in [0.2, 0.25) is 0 Å². The quantitative estimate of drug-likeness (QED) is 0.864. The van der Waals surface area contributed by atoms with Gasteiger partial charge >= 0.3 is 0 Å². The third-order valence-corrected chi connectivity index (χ3v) is 3.02. The van der Waals surface area contributed by atoms with E-state index >= 15 is 0 Å². The minimum absolute atomic E-state index is 0.0288. The molecule has 18 heavy (non-hydrogen) atoms. The van der Waals surface area contributed by atoms with Gasteiger partial charge in [-0.15, -0.1) is 0 Å². The molecule has 1 fully saturated rings. The Morgan fingerprint density at radius 1 is 1.28 bits per heavy atom. The van der Waals surface area contributed by atoms with Gasteiger partial charge in [0.05, 0.1) is 14.2 Å². The fraction of sp³-hybridized carbons (Fsp3) is 0.462. The van der Waals surface area contributed by atoms with Gasteiger partial charge in [0.1, 0.15) is 0 Å². The fourth-order valence-electron chi connectivity index (χ4n) is 2.12. The summed E-state index contributed by atoms with van der Waals surface area (Å²) in [5, 5.41) is 0. The molecular weight excluding hydrogens is 232 g/mol. The number of amides is 1. The lowest BCUT2D eigenvalue weighted by Crippen LogP contribution is -2.66. The van der Waals surface area contributed by atoms with Crippen molar-refractivity contribution < 1.29 is 14.3 Å². The number of carbonyl (C=O) groups excluding carboxylic acids is 1. The Morgan fingerprint density at radius 2 is 1.89 bits per heavy atom. The molecule has 2 rings (SSSR count). The van der Waals surface area contributed by atoms with Crippen LogP contribution in [0.5, 0.6) is 11.5 Å². The standard InChI is InChI=1S/C13H18N2O3/c1-13(14)7-15(8-13)12(16)9-4-5-10(17-2)11(6-9)18-3/h4-6H,7-8,14H2,1-3H3. The van der Waals surface area contributed by atoms with Gasteiger partial charge in [0, 0.05) is 24.2 Å². The summed E-state index contributed by atoms with van der Waals surface area (Å²) in [5.41, 5.74) is 6.22. The van der Waals surface area contributed by atoms with Gasteiger partial charge in [-0.05, 0) is 25.1 Å². The van der Waals surface area contributed by atoms with Gasteiger partial charge in [-0.2, -0.15) is 0 Å². The van der Waals surface area contributed by atoms with Gasteiger partial charge in [-0.25, -0.2) is 0 Å². The van der Waals surface area contributed by atoms with Crippen LogP contribution in [0.4, 0.5) is 0 Å². The zero-order chi connectivity index (χ0) is 13.3. The van der Waals surface area contributed by atoms with Crippen molar-refractivity contribution in [3.05, 3.63) is 23.8 Å². The van der Waals surface area contributed by atoms with E-state index in [9.17, 15) is 4.79 Å². The summed E-state index contributed by atoms with van der Waals surface area (Å²) < 4.78 is 10.3. The summed E-state index contributed by atoms with van der Waals surface area (Å²) in [6.45, 7) is 3.10. The third-order valence-electron chi connectivity index (χ3n) is 3.02. The zero-order valence-corrected chi connectivity index (χ0v) is 10.9. The van der Waals surface area contributed by atoms with Crippen LogP contribution < -0.4 is 15.2 Å². The lowest BCUT2D eigenvalue weighted by atomic mass is 9.93. The zero-order valence-electron chi connectivity index (χ0n) is 10.9. The molecule has 5 nitrogen and oxygen atoms in total. The molecule has 1 aliphatic heterocycles. The number of likely N-dealkylation sites (tertiary alicyclic amines) is 1. The molecule has 5 heteroatoms. The maximum Gasteiger partial charge on any atom is 0.254 e. The van der Waals surface area contributed by atoms with Crippen molar-refractivity contribution in [2.24, 2.45) is 5.73 Å². The van der Waals surface area contributed by atoms with Crippen molar-refractivity contribution in [3.63, 3.8) is 0 Å². The summed E-state index contributed by atoms with van der Waals surface area (Å²) in [6.07, 6.45) is 0. The molecule has 0 spiro atoms. The second-order valence-electron chi connectivity index (χ2n) is 4.89. The molecule has 1 aromatic rings. The minimum atomic E-state index is -0.258. The van der Waals surface area contributed by atoms with Crippen molar-refractivity contribution in [1.29, 1.82) is 0 Å². The number of nitrogens with two attached hydrogens (primary N) is 1. The third kappa shape index (κ3) is 2.26. The van der Waals surface area contributed by atoms with Crippen LogP contribution in [-0.2, 0) is 0 Å². The normalized spacial score (nSPS) is 17.0. The van der Waals surface area contributed by atoms with Gasteiger partial charge < -0.3 is 20.1 Å². The van der Waals surface area contributed by atoms with Crippen LogP contribution >= 0.6 is 0 Å². The van der Waals surface area contributed by atoms with Gasteiger partial charge in [0.25, 0.3) is 5.91 Å². The van der Waals surface area contributed by atoms with Gasteiger partial charge in [-0.1, -0.05) is 0 Å². The highest BCUT2D eigenvalue weighted by Crippen LogP contribution is 2.29. The Bertz CT molecular complexity index is 463. The van der Waals surface area contributed by atoms with E-state index in [2.05, 4.69) is 0 Å². The van der Waals surface area contributed by atoms with E-state index in [0.717, 1.165) is 0 Å². The van der Waals surface area contributed by atoms with E-state index in [1.807, 2.05) is 6.92 Å². The van der Waals surface area contributed by atoms with Crippen LogP contribution in [0.2, 0.25) is 0 Å². The molecular formula is C13H18N2O3. The van der Waals surface area contributed by atoms with Crippen LogP contribution in [0.1, 0.15) is 17.3 Å². The summed E-state index contributed by atoms with van der Waals surface area (Å²) in [4.78, 5) is 13.9. The Labute approximate surface area is 106 Å². The highest BCUT2D eigenvalue weighted by atomic mass is 16.5. The van der Waals surface area contributed by atoms with E-state index in [0.29, 0.717) is 30.2 Å². The van der Waals surface area contributed by atoms with E-state index < -0.39 is 0 Å². The molecule has 0 saturated carbocycles. The first-order valence-electron chi connectivity index (χ1n) is 5.77. The van der Waals surface area contributed by atoms with Crippen LogP contribution in [0.15, 0.2) is 18.2 Å². The molecule has 1 amide bonds.